The van der Waals surface area contributed by atoms with Crippen LogP contribution in [0.15, 0.2) is 12.4 Å². The highest BCUT2D eigenvalue weighted by Crippen LogP contribution is 2.41. The van der Waals surface area contributed by atoms with E-state index in [4.69, 9.17) is 0 Å². The van der Waals surface area contributed by atoms with Gasteiger partial charge in [0.05, 0.1) is 18.0 Å². The minimum Gasteiger partial charge on any atom is -0.390 e. The molecule has 0 amide bonds. The topological polar surface area (TPSA) is 49.2 Å². The quantitative estimate of drug-likeness (QED) is 0.903. The minimum atomic E-state index is -0.606. The summed E-state index contributed by atoms with van der Waals surface area (Å²) in [5, 5.41) is 10.7. The molecule has 0 aromatic carbocycles. The predicted octanol–water partition coefficient (Wildman–Crippen LogP) is 2.53. The van der Waals surface area contributed by atoms with Crippen LogP contribution >= 0.6 is 0 Å². The summed E-state index contributed by atoms with van der Waals surface area (Å²) in [6.45, 7) is 2.85. The molecule has 1 aliphatic heterocycles. The molecule has 0 radical (unpaired) electrons. The molecule has 1 aromatic heterocycles. The van der Waals surface area contributed by atoms with Gasteiger partial charge in [-0.2, -0.15) is 0 Å². The molecule has 1 aliphatic carbocycles. The summed E-state index contributed by atoms with van der Waals surface area (Å²) in [6, 6.07) is 0.274. The van der Waals surface area contributed by atoms with Crippen LogP contribution in [0.25, 0.3) is 0 Å². The van der Waals surface area contributed by atoms with Gasteiger partial charge < -0.3 is 10.0 Å². The molecule has 0 spiro atoms. The maximum Gasteiger partial charge on any atom is 0.225 e. The molecular formula is C15H22FN3O. The van der Waals surface area contributed by atoms with E-state index >= 15 is 0 Å². The number of aromatic nitrogens is 2. The third-order valence-electron chi connectivity index (χ3n) is 4.87. The number of rotatable bonds is 2. The summed E-state index contributed by atoms with van der Waals surface area (Å²) < 4.78 is 13.0. The number of aliphatic hydroxyl groups is 1. The zero-order valence-electron chi connectivity index (χ0n) is 11.9. The summed E-state index contributed by atoms with van der Waals surface area (Å²) in [6.07, 6.45) is 8.77. The number of anilines is 1. The molecule has 2 heterocycles. The third kappa shape index (κ3) is 2.51. The standard InChI is InChI=1S/C15H22FN3O/c1-15(20)7-3-2-5-12(15)13-6-4-8-19(13)14-17-9-11(16)10-18-14/h9-10,12-13,20H,2-8H2,1H3. The summed E-state index contributed by atoms with van der Waals surface area (Å²) in [4.78, 5) is 10.4. The average Bonchev–Trinajstić information content (AvgIpc) is 2.88. The second-order valence-electron chi connectivity index (χ2n) is 6.31. The Bertz CT molecular complexity index is 463. The molecule has 110 valence electrons. The van der Waals surface area contributed by atoms with E-state index in [-0.39, 0.29) is 12.0 Å². The van der Waals surface area contributed by atoms with E-state index in [2.05, 4.69) is 14.9 Å². The number of hydrogen-bond donors (Lipinski definition) is 1. The second kappa shape index (κ2) is 5.28. The van der Waals surface area contributed by atoms with Crippen LogP contribution < -0.4 is 4.90 Å². The fourth-order valence-corrected chi connectivity index (χ4v) is 3.86. The van der Waals surface area contributed by atoms with Gasteiger partial charge in [-0.15, -0.1) is 0 Å². The van der Waals surface area contributed by atoms with Gasteiger partial charge in [0.25, 0.3) is 0 Å². The van der Waals surface area contributed by atoms with Crippen molar-refractivity contribution in [2.24, 2.45) is 5.92 Å². The van der Waals surface area contributed by atoms with Crippen LogP contribution in [0.5, 0.6) is 0 Å². The van der Waals surface area contributed by atoms with Crippen molar-refractivity contribution in [2.75, 3.05) is 11.4 Å². The van der Waals surface area contributed by atoms with E-state index in [0.717, 1.165) is 38.6 Å². The second-order valence-corrected chi connectivity index (χ2v) is 6.31. The Morgan fingerprint density at radius 3 is 2.70 bits per heavy atom. The molecule has 1 aromatic rings. The lowest BCUT2D eigenvalue weighted by Crippen LogP contribution is -2.49. The number of nitrogens with zero attached hydrogens (tertiary/aromatic N) is 3. The number of hydrogen-bond acceptors (Lipinski definition) is 4. The molecule has 1 saturated carbocycles. The van der Waals surface area contributed by atoms with Crippen LogP contribution in [0.1, 0.15) is 45.4 Å². The lowest BCUT2D eigenvalue weighted by molar-refractivity contribution is -0.0411. The highest BCUT2D eigenvalue weighted by Gasteiger charge is 2.43. The fourth-order valence-electron chi connectivity index (χ4n) is 3.86. The molecule has 3 unspecified atom stereocenters. The SMILES string of the molecule is CC1(O)CCCCC1C1CCCN1c1ncc(F)cn1. The molecule has 1 saturated heterocycles. The minimum absolute atomic E-state index is 0.257. The fraction of sp³-hybridized carbons (Fsp3) is 0.733. The van der Waals surface area contributed by atoms with Gasteiger partial charge in [-0.25, -0.2) is 14.4 Å². The Balaban J connectivity index is 1.83. The normalized spacial score (nSPS) is 34.5. The molecule has 0 bridgehead atoms. The first kappa shape index (κ1) is 13.7. The van der Waals surface area contributed by atoms with E-state index < -0.39 is 11.4 Å². The Morgan fingerprint density at radius 2 is 2.00 bits per heavy atom. The molecule has 5 heteroatoms. The van der Waals surface area contributed by atoms with Crippen molar-refractivity contribution in [3.8, 4) is 0 Å². The van der Waals surface area contributed by atoms with Gasteiger partial charge in [-0.1, -0.05) is 12.8 Å². The predicted molar refractivity (Wildman–Crippen MR) is 74.9 cm³/mol. The van der Waals surface area contributed by atoms with Gasteiger partial charge in [-0.05, 0) is 32.6 Å². The van der Waals surface area contributed by atoms with Crippen molar-refractivity contribution in [1.82, 2.24) is 9.97 Å². The van der Waals surface area contributed by atoms with Gasteiger partial charge in [0, 0.05) is 18.5 Å². The Kier molecular flexibility index (Phi) is 3.63. The van der Waals surface area contributed by atoms with Crippen LogP contribution in [-0.2, 0) is 0 Å². The van der Waals surface area contributed by atoms with Gasteiger partial charge in [0.2, 0.25) is 5.95 Å². The average molecular weight is 279 g/mol. The highest BCUT2D eigenvalue weighted by molar-refractivity contribution is 5.33. The van der Waals surface area contributed by atoms with Crippen LogP contribution in [0.2, 0.25) is 0 Å². The Labute approximate surface area is 119 Å². The molecule has 1 N–H and O–H groups in total. The molecule has 20 heavy (non-hydrogen) atoms. The van der Waals surface area contributed by atoms with Crippen molar-refractivity contribution in [3.63, 3.8) is 0 Å². The molecular weight excluding hydrogens is 257 g/mol. The van der Waals surface area contributed by atoms with Crippen LogP contribution in [0.4, 0.5) is 10.3 Å². The largest absolute Gasteiger partial charge is 0.390 e. The first-order valence-corrected chi connectivity index (χ1v) is 7.54. The summed E-state index contributed by atoms with van der Waals surface area (Å²) in [7, 11) is 0. The first-order chi connectivity index (χ1) is 9.58. The summed E-state index contributed by atoms with van der Waals surface area (Å²) in [5.74, 6) is 0.442. The van der Waals surface area contributed by atoms with Gasteiger partial charge in [-0.3, -0.25) is 0 Å². The van der Waals surface area contributed by atoms with Gasteiger partial charge in [0.1, 0.15) is 0 Å². The van der Waals surface area contributed by atoms with Crippen molar-refractivity contribution < 1.29 is 9.50 Å². The maximum atomic E-state index is 13.0. The van der Waals surface area contributed by atoms with Crippen molar-refractivity contribution in [2.45, 2.75) is 57.1 Å². The number of halogens is 1. The van der Waals surface area contributed by atoms with E-state index in [0.29, 0.717) is 5.95 Å². The monoisotopic (exact) mass is 279 g/mol. The van der Waals surface area contributed by atoms with E-state index in [1.807, 2.05) is 6.92 Å². The first-order valence-electron chi connectivity index (χ1n) is 7.54. The van der Waals surface area contributed by atoms with Crippen LogP contribution in [0, 0.1) is 11.7 Å². The van der Waals surface area contributed by atoms with Crippen LogP contribution in [0.3, 0.4) is 0 Å². The smallest absolute Gasteiger partial charge is 0.225 e. The molecule has 3 rings (SSSR count). The van der Waals surface area contributed by atoms with E-state index in [9.17, 15) is 9.50 Å². The maximum absolute atomic E-state index is 13.0. The summed E-state index contributed by atoms with van der Waals surface area (Å²) >= 11 is 0. The molecule has 3 atom stereocenters. The van der Waals surface area contributed by atoms with Crippen molar-refractivity contribution in [1.29, 1.82) is 0 Å². The highest BCUT2D eigenvalue weighted by atomic mass is 19.1. The summed E-state index contributed by atoms with van der Waals surface area (Å²) in [5.41, 5.74) is -0.606. The molecule has 2 aliphatic rings. The lowest BCUT2D eigenvalue weighted by atomic mass is 9.72. The van der Waals surface area contributed by atoms with Gasteiger partial charge >= 0.3 is 0 Å². The Morgan fingerprint density at radius 1 is 1.25 bits per heavy atom. The van der Waals surface area contributed by atoms with E-state index in [1.165, 1.54) is 18.8 Å². The molecule has 2 fully saturated rings. The van der Waals surface area contributed by atoms with E-state index in [1.54, 1.807) is 0 Å². The van der Waals surface area contributed by atoms with Crippen LogP contribution in [-0.4, -0.2) is 33.3 Å². The van der Waals surface area contributed by atoms with Crippen molar-refractivity contribution >= 4 is 5.95 Å². The zero-order chi connectivity index (χ0) is 14.2. The zero-order valence-corrected chi connectivity index (χ0v) is 11.9. The lowest BCUT2D eigenvalue weighted by Gasteiger charge is -2.43. The van der Waals surface area contributed by atoms with Crippen molar-refractivity contribution in [3.05, 3.63) is 18.2 Å². The molecule has 4 nitrogen and oxygen atoms in total. The third-order valence-corrected chi connectivity index (χ3v) is 4.87. The van der Waals surface area contributed by atoms with Gasteiger partial charge in [0.15, 0.2) is 5.82 Å². The Hall–Kier alpha value is -1.23.